The second-order valence-electron chi connectivity index (χ2n) is 10.7. The molecule has 0 unspecified atom stereocenters. The van der Waals surface area contributed by atoms with E-state index in [4.69, 9.17) is 37.4 Å². The average molecular weight is 583 g/mol. The Kier molecular flexibility index (Phi) is 9.56. The van der Waals surface area contributed by atoms with E-state index in [0.717, 1.165) is 37.9 Å². The summed E-state index contributed by atoms with van der Waals surface area (Å²) >= 11 is 12.5. The van der Waals surface area contributed by atoms with Crippen molar-refractivity contribution in [1.82, 2.24) is 5.32 Å². The first-order valence-corrected chi connectivity index (χ1v) is 14.5. The van der Waals surface area contributed by atoms with Gasteiger partial charge in [0.05, 0.1) is 44.8 Å². The number of benzene rings is 1. The van der Waals surface area contributed by atoms with E-state index in [2.05, 4.69) is 27.5 Å². The highest BCUT2D eigenvalue weighted by atomic mass is 35.5. The predicted molar refractivity (Wildman–Crippen MR) is 150 cm³/mol. The molecule has 2 atom stereocenters. The van der Waals surface area contributed by atoms with Crippen LogP contribution in [0.1, 0.15) is 38.5 Å². The van der Waals surface area contributed by atoms with Gasteiger partial charge in [0, 0.05) is 40.9 Å². The number of alkyl halides is 1. The molecule has 2 saturated heterocycles. The Morgan fingerprint density at radius 1 is 1.13 bits per heavy atom. The van der Waals surface area contributed by atoms with E-state index in [0.29, 0.717) is 56.0 Å². The number of hydrogen-bond donors (Lipinski definition) is 1. The largest absolute Gasteiger partial charge is 0.462 e. The first kappa shape index (κ1) is 28.5. The Morgan fingerprint density at radius 3 is 2.62 bits per heavy atom. The molecular formula is C28H36Cl2FN4O4+. The van der Waals surface area contributed by atoms with E-state index in [-0.39, 0.29) is 30.2 Å². The molecule has 1 saturated carbocycles. The average Bonchev–Trinajstić information content (AvgIpc) is 2.96. The Labute approximate surface area is 238 Å². The molecule has 4 aliphatic rings. The van der Waals surface area contributed by atoms with Crippen LogP contribution >= 0.6 is 23.2 Å². The summed E-state index contributed by atoms with van der Waals surface area (Å²) in [5, 5.41) is 7.98. The van der Waals surface area contributed by atoms with Crippen LogP contribution in [0.15, 0.2) is 40.1 Å². The van der Waals surface area contributed by atoms with Crippen molar-refractivity contribution in [3.8, 4) is 0 Å². The molecule has 0 aromatic heterocycles. The van der Waals surface area contributed by atoms with Crippen molar-refractivity contribution in [3.05, 3.63) is 40.0 Å². The van der Waals surface area contributed by atoms with E-state index >= 15 is 0 Å². The van der Waals surface area contributed by atoms with Crippen molar-refractivity contribution in [2.75, 3.05) is 51.0 Å². The van der Waals surface area contributed by atoms with E-state index in [1.165, 1.54) is 10.9 Å². The highest BCUT2D eigenvalue weighted by Gasteiger charge is 2.36. The molecule has 39 heavy (non-hydrogen) atoms. The number of nitrogens with one attached hydrogen (secondary N) is 1. The molecule has 0 spiro atoms. The van der Waals surface area contributed by atoms with Crippen molar-refractivity contribution >= 4 is 47.2 Å². The zero-order chi connectivity index (χ0) is 27.2. The number of allylic oxidation sites excluding steroid dienone is 1. The van der Waals surface area contributed by atoms with Crippen LogP contribution in [0.25, 0.3) is 0 Å². The Balaban J connectivity index is 1.19. The minimum atomic E-state index is -1.47. The van der Waals surface area contributed by atoms with E-state index < -0.39 is 11.6 Å². The normalized spacial score (nSPS) is 31.0. The number of carbonyl (C=O) groups is 1. The molecule has 212 valence electrons. The van der Waals surface area contributed by atoms with Crippen LogP contribution in [0.5, 0.6) is 0 Å². The fraction of sp³-hybridized carbons (Fsp3) is 0.607. The lowest BCUT2D eigenvalue weighted by Gasteiger charge is -2.40. The third kappa shape index (κ3) is 7.38. The van der Waals surface area contributed by atoms with Crippen LogP contribution in [0, 0.1) is 5.92 Å². The zero-order valence-corrected chi connectivity index (χ0v) is 23.5. The van der Waals surface area contributed by atoms with Crippen LogP contribution in [-0.2, 0) is 19.0 Å². The summed E-state index contributed by atoms with van der Waals surface area (Å²) in [7, 11) is 0. The topological polar surface area (TPSA) is 75.4 Å². The molecule has 1 aliphatic carbocycles. The summed E-state index contributed by atoms with van der Waals surface area (Å²) in [5.41, 5.74) is -0.0224. The maximum Gasteiger partial charge on any atom is 0.462 e. The number of halogens is 3. The molecule has 1 amide bonds. The molecular weight excluding hydrogens is 546 g/mol. The zero-order valence-electron chi connectivity index (χ0n) is 22.0. The monoisotopic (exact) mass is 581 g/mol. The third-order valence-electron chi connectivity index (χ3n) is 7.79. The lowest BCUT2D eigenvalue weighted by atomic mass is 9.85. The van der Waals surface area contributed by atoms with Crippen molar-refractivity contribution in [1.29, 1.82) is 0 Å². The smallest absolute Gasteiger partial charge is 0.379 e. The van der Waals surface area contributed by atoms with Crippen LogP contribution in [0.4, 0.5) is 10.1 Å². The molecule has 3 fully saturated rings. The minimum Gasteiger partial charge on any atom is -0.379 e. The second kappa shape index (κ2) is 13.1. The molecule has 3 aliphatic heterocycles. The quantitative estimate of drug-likeness (QED) is 0.462. The number of carbonyl (C=O) groups excluding carboxylic acids is 1. The minimum absolute atomic E-state index is 0.0129. The van der Waals surface area contributed by atoms with Gasteiger partial charge in [-0.25, -0.2) is 9.18 Å². The lowest BCUT2D eigenvalue weighted by Crippen LogP contribution is -2.46. The van der Waals surface area contributed by atoms with Crippen molar-refractivity contribution in [3.63, 3.8) is 0 Å². The highest BCUT2D eigenvalue weighted by molar-refractivity contribution is 6.42. The van der Waals surface area contributed by atoms with Gasteiger partial charge >= 0.3 is 5.91 Å². The van der Waals surface area contributed by atoms with Crippen molar-refractivity contribution in [2.45, 2.75) is 56.3 Å². The van der Waals surface area contributed by atoms with Crippen molar-refractivity contribution < 1.29 is 28.1 Å². The lowest BCUT2D eigenvalue weighted by molar-refractivity contribution is -0.447. The summed E-state index contributed by atoms with van der Waals surface area (Å²) in [5.74, 6) is -0.218. The molecule has 1 aromatic carbocycles. The highest BCUT2D eigenvalue weighted by Crippen LogP contribution is 2.32. The number of hydrazone groups is 1. The standard InChI is InChI=1S/C28H35Cl2FN4O4/c29-21-4-8-23(9-5-21)34(16-24-17-37-12-13-39-24)22-6-2-20(3-7-22)15-35-27(36)26(30)25(14-33-35)32-18-28(31)10-1-11-38-19-28/h4-5,8-9,14-15,20,22,24H,1-3,6-7,10-13,16-19H2/p+1/b35-15-/t20?,22?,24-,28+/m1/s1. The maximum absolute atomic E-state index is 14.9. The van der Waals surface area contributed by atoms with Crippen LogP contribution < -0.4 is 10.2 Å². The molecule has 0 bridgehead atoms. The van der Waals surface area contributed by atoms with Gasteiger partial charge in [0.25, 0.3) is 0 Å². The molecule has 3 heterocycles. The van der Waals surface area contributed by atoms with Crippen LogP contribution in [0.2, 0.25) is 5.02 Å². The SMILES string of the molecule is O=C1C(Cl)=C(NC[C@@]2(F)CCCOC2)C=N/[N+]1=C\C1CCC(N(C[C@@H]2COCCO2)c2ccc(Cl)cc2)CC1. The Morgan fingerprint density at radius 2 is 1.92 bits per heavy atom. The molecule has 1 N–H and O–H groups in total. The number of nitrogens with zero attached hydrogens (tertiary/aromatic N) is 3. The van der Waals surface area contributed by atoms with Gasteiger partial charge in [-0.2, -0.15) is 0 Å². The fourth-order valence-corrected chi connectivity index (χ4v) is 5.94. The second-order valence-corrected chi connectivity index (χ2v) is 11.5. The van der Waals surface area contributed by atoms with Gasteiger partial charge in [-0.1, -0.05) is 23.2 Å². The van der Waals surface area contributed by atoms with Gasteiger partial charge in [0.1, 0.15) is 6.21 Å². The number of hydrogen-bond acceptors (Lipinski definition) is 7. The Bertz CT molecular complexity index is 1090. The van der Waals surface area contributed by atoms with E-state index in [9.17, 15) is 9.18 Å². The first-order valence-electron chi connectivity index (χ1n) is 13.7. The number of amides is 1. The molecule has 11 heteroatoms. The van der Waals surface area contributed by atoms with Gasteiger partial charge in [-0.15, -0.1) is 0 Å². The van der Waals surface area contributed by atoms with Gasteiger partial charge < -0.3 is 24.4 Å². The summed E-state index contributed by atoms with van der Waals surface area (Å²) in [6.45, 7) is 3.22. The van der Waals surface area contributed by atoms with Crippen LogP contribution in [-0.4, -0.2) is 87.0 Å². The third-order valence-corrected chi connectivity index (χ3v) is 8.41. The van der Waals surface area contributed by atoms with Crippen molar-refractivity contribution in [2.24, 2.45) is 11.0 Å². The summed E-state index contributed by atoms with van der Waals surface area (Å²) in [4.78, 5) is 15.3. The van der Waals surface area contributed by atoms with Gasteiger partial charge in [-0.05, 0) is 67.5 Å². The predicted octanol–water partition coefficient (Wildman–Crippen LogP) is 4.29. The van der Waals surface area contributed by atoms with E-state index in [1.807, 2.05) is 18.3 Å². The summed E-state index contributed by atoms with van der Waals surface area (Å²) in [6.07, 6.45) is 8.20. The van der Waals surface area contributed by atoms with Crippen LogP contribution in [0.3, 0.4) is 0 Å². The number of rotatable bonds is 8. The number of anilines is 1. The summed E-state index contributed by atoms with van der Waals surface area (Å²) < 4.78 is 33.0. The molecule has 5 rings (SSSR count). The van der Waals surface area contributed by atoms with Gasteiger partial charge in [0.2, 0.25) is 0 Å². The van der Waals surface area contributed by atoms with Gasteiger partial charge in [0.15, 0.2) is 16.9 Å². The molecule has 0 radical (unpaired) electrons. The summed E-state index contributed by atoms with van der Waals surface area (Å²) in [6, 6.07) is 8.27. The van der Waals surface area contributed by atoms with Gasteiger partial charge in [-0.3, -0.25) is 0 Å². The maximum atomic E-state index is 14.9. The Hall–Kier alpha value is -2.04. The molecule has 8 nitrogen and oxygen atoms in total. The fourth-order valence-electron chi connectivity index (χ4n) is 5.61. The number of ether oxygens (including phenoxy) is 3. The van der Waals surface area contributed by atoms with E-state index in [1.54, 1.807) is 0 Å². The molecule has 1 aromatic rings. The first-order chi connectivity index (χ1) is 18.9.